The summed E-state index contributed by atoms with van der Waals surface area (Å²) in [6, 6.07) is 16.6. The third-order valence-electron chi connectivity index (χ3n) is 5.48. The smallest absolute Gasteiger partial charge is 0.450 e. The van der Waals surface area contributed by atoms with Gasteiger partial charge in [0.25, 0.3) is 5.91 Å². The summed E-state index contributed by atoms with van der Waals surface area (Å²) in [5.74, 6) is -1.61. The van der Waals surface area contributed by atoms with E-state index in [1.54, 1.807) is 12.1 Å². The fourth-order valence-corrected chi connectivity index (χ4v) is 3.92. The summed E-state index contributed by atoms with van der Waals surface area (Å²) in [7, 11) is 0. The van der Waals surface area contributed by atoms with E-state index in [9.17, 15) is 22.8 Å². The number of carbonyl (C=O) groups excluding carboxylic acids is 1. The molecule has 0 saturated carbocycles. The fourth-order valence-electron chi connectivity index (χ4n) is 3.79. The number of nitrogens with one attached hydrogen (secondary N) is 1. The van der Waals surface area contributed by atoms with Crippen LogP contribution in [-0.2, 0) is 11.0 Å². The Morgan fingerprint density at radius 1 is 1.06 bits per heavy atom. The van der Waals surface area contributed by atoms with Crippen molar-refractivity contribution in [3.63, 3.8) is 0 Å². The van der Waals surface area contributed by atoms with E-state index in [2.05, 4.69) is 5.32 Å². The zero-order chi connectivity index (χ0) is 26.0. The second-order valence-corrected chi connectivity index (χ2v) is 8.81. The Bertz CT molecular complexity index is 1480. The van der Waals surface area contributed by atoms with Crippen LogP contribution in [0.3, 0.4) is 0 Å². The minimum atomic E-state index is -4.93. The van der Waals surface area contributed by atoms with Gasteiger partial charge in [0.2, 0.25) is 11.2 Å². The second kappa shape index (κ2) is 10.1. The Morgan fingerprint density at radius 2 is 1.75 bits per heavy atom. The zero-order valence-electron chi connectivity index (χ0n) is 19.3. The van der Waals surface area contributed by atoms with Crippen LogP contribution in [0, 0.1) is 0 Å². The summed E-state index contributed by atoms with van der Waals surface area (Å²) in [6.45, 7) is 3.60. The Balaban J connectivity index is 1.62. The molecule has 0 radical (unpaired) electrons. The minimum Gasteiger partial charge on any atom is -0.484 e. The van der Waals surface area contributed by atoms with Gasteiger partial charge in [-0.2, -0.15) is 13.2 Å². The number of hydrogen-bond donors (Lipinski definition) is 1. The molecule has 9 heteroatoms. The van der Waals surface area contributed by atoms with Crippen molar-refractivity contribution in [1.29, 1.82) is 0 Å². The molecule has 0 aliphatic heterocycles. The van der Waals surface area contributed by atoms with Gasteiger partial charge in [0.15, 0.2) is 6.61 Å². The first kappa shape index (κ1) is 25.3. The molecule has 0 saturated heterocycles. The highest BCUT2D eigenvalue weighted by Crippen LogP contribution is 2.38. The van der Waals surface area contributed by atoms with Gasteiger partial charge in [-0.1, -0.05) is 55.8 Å². The Labute approximate surface area is 209 Å². The topological polar surface area (TPSA) is 68.5 Å². The maximum Gasteiger partial charge on any atom is 0.450 e. The molecular formula is C27H21ClF3NO4. The predicted molar refractivity (Wildman–Crippen MR) is 133 cm³/mol. The van der Waals surface area contributed by atoms with Crippen LogP contribution in [0.4, 0.5) is 18.9 Å². The molecule has 36 heavy (non-hydrogen) atoms. The molecule has 0 unspecified atom stereocenters. The van der Waals surface area contributed by atoms with Crippen LogP contribution >= 0.6 is 11.6 Å². The number of anilines is 1. The lowest BCUT2D eigenvalue weighted by Crippen LogP contribution is -2.21. The monoisotopic (exact) mass is 515 g/mol. The van der Waals surface area contributed by atoms with E-state index in [1.165, 1.54) is 36.4 Å². The number of para-hydroxylation sites is 1. The molecule has 3 aromatic carbocycles. The number of hydrogen-bond acceptors (Lipinski definition) is 4. The first-order chi connectivity index (χ1) is 17.0. The van der Waals surface area contributed by atoms with E-state index in [1.807, 2.05) is 26.0 Å². The standard InChI is InChI=1S/C27H21ClF3NO4/c1-15(2)19-5-3-4-6-21(19)32-23(33)14-35-18-11-12-20-22(13-18)36-26(27(29,30)31)24(25(20)34)16-7-9-17(28)10-8-16/h3-13,15H,14H2,1-2H3,(H,32,33). The quantitative estimate of drug-likeness (QED) is 0.293. The number of rotatable bonds is 6. The molecule has 0 aliphatic carbocycles. The first-order valence-electron chi connectivity index (χ1n) is 11.0. The second-order valence-electron chi connectivity index (χ2n) is 8.38. The summed E-state index contributed by atoms with van der Waals surface area (Å²) in [5, 5.41) is 3.03. The number of amides is 1. The van der Waals surface area contributed by atoms with Crippen LogP contribution in [0.15, 0.2) is 75.9 Å². The molecule has 0 aliphatic rings. The number of ether oxygens (including phenoxy) is 1. The van der Waals surface area contributed by atoms with E-state index < -0.39 is 35.4 Å². The van der Waals surface area contributed by atoms with Gasteiger partial charge in [0.05, 0.1) is 10.9 Å². The van der Waals surface area contributed by atoms with Crippen molar-refractivity contribution >= 4 is 34.2 Å². The van der Waals surface area contributed by atoms with Crippen molar-refractivity contribution in [2.24, 2.45) is 0 Å². The SMILES string of the molecule is CC(C)c1ccccc1NC(=O)COc1ccc2c(=O)c(-c3ccc(Cl)cc3)c(C(F)(F)F)oc2c1. The van der Waals surface area contributed by atoms with Gasteiger partial charge in [-0.25, -0.2) is 0 Å². The van der Waals surface area contributed by atoms with E-state index in [4.69, 9.17) is 20.8 Å². The van der Waals surface area contributed by atoms with Crippen LogP contribution in [0.2, 0.25) is 5.02 Å². The molecule has 1 amide bonds. The van der Waals surface area contributed by atoms with E-state index in [-0.39, 0.29) is 28.2 Å². The maximum absolute atomic E-state index is 13.8. The van der Waals surface area contributed by atoms with E-state index in [0.29, 0.717) is 10.7 Å². The summed E-state index contributed by atoms with van der Waals surface area (Å²) >= 11 is 5.83. The summed E-state index contributed by atoms with van der Waals surface area (Å²) in [5.41, 5.74) is -0.136. The van der Waals surface area contributed by atoms with Crippen LogP contribution in [0.25, 0.3) is 22.1 Å². The van der Waals surface area contributed by atoms with Crippen LogP contribution in [0.5, 0.6) is 5.75 Å². The maximum atomic E-state index is 13.8. The fraction of sp³-hybridized carbons (Fsp3) is 0.185. The number of benzene rings is 3. The van der Waals surface area contributed by atoms with Crippen molar-refractivity contribution in [3.05, 3.63) is 93.3 Å². The van der Waals surface area contributed by atoms with Crippen molar-refractivity contribution in [2.45, 2.75) is 25.9 Å². The average molecular weight is 516 g/mol. The minimum absolute atomic E-state index is 0.0288. The van der Waals surface area contributed by atoms with Crippen molar-refractivity contribution in [2.75, 3.05) is 11.9 Å². The van der Waals surface area contributed by atoms with Crippen LogP contribution < -0.4 is 15.5 Å². The van der Waals surface area contributed by atoms with E-state index in [0.717, 1.165) is 11.6 Å². The summed E-state index contributed by atoms with van der Waals surface area (Å²) in [6.07, 6.45) is -4.93. The molecule has 4 rings (SSSR count). The molecule has 0 bridgehead atoms. The Kier molecular flexibility index (Phi) is 7.08. The predicted octanol–water partition coefficient (Wildman–Crippen LogP) is 7.27. The molecule has 5 nitrogen and oxygen atoms in total. The lowest BCUT2D eigenvalue weighted by atomic mass is 10.0. The molecule has 1 aromatic heterocycles. The molecule has 186 valence electrons. The Hall–Kier alpha value is -3.78. The van der Waals surface area contributed by atoms with Crippen LogP contribution in [0.1, 0.15) is 31.1 Å². The van der Waals surface area contributed by atoms with Gasteiger partial charge in [-0.15, -0.1) is 0 Å². The van der Waals surface area contributed by atoms with Crippen LogP contribution in [-0.4, -0.2) is 12.5 Å². The number of fused-ring (bicyclic) bond motifs is 1. The van der Waals surface area contributed by atoms with Crippen molar-refractivity contribution in [1.82, 2.24) is 0 Å². The molecule has 0 fully saturated rings. The van der Waals surface area contributed by atoms with Crippen molar-refractivity contribution in [3.8, 4) is 16.9 Å². The molecule has 0 atom stereocenters. The van der Waals surface area contributed by atoms with E-state index >= 15 is 0 Å². The molecule has 4 aromatic rings. The lowest BCUT2D eigenvalue weighted by Gasteiger charge is -2.15. The Morgan fingerprint density at radius 3 is 2.42 bits per heavy atom. The van der Waals surface area contributed by atoms with Gasteiger partial charge < -0.3 is 14.5 Å². The number of alkyl halides is 3. The largest absolute Gasteiger partial charge is 0.484 e. The first-order valence-corrected chi connectivity index (χ1v) is 11.4. The number of carbonyl (C=O) groups is 1. The third-order valence-corrected chi connectivity index (χ3v) is 5.73. The van der Waals surface area contributed by atoms with Gasteiger partial charge in [0, 0.05) is 16.8 Å². The molecule has 1 heterocycles. The summed E-state index contributed by atoms with van der Waals surface area (Å²) in [4.78, 5) is 25.5. The normalized spacial score (nSPS) is 11.6. The van der Waals surface area contributed by atoms with Crippen molar-refractivity contribution < 1.29 is 27.1 Å². The highest BCUT2D eigenvalue weighted by atomic mass is 35.5. The lowest BCUT2D eigenvalue weighted by molar-refractivity contribution is -0.152. The highest BCUT2D eigenvalue weighted by molar-refractivity contribution is 6.30. The third kappa shape index (κ3) is 5.39. The average Bonchev–Trinajstić information content (AvgIpc) is 2.83. The van der Waals surface area contributed by atoms with Gasteiger partial charge in [0.1, 0.15) is 11.3 Å². The highest BCUT2D eigenvalue weighted by Gasteiger charge is 2.39. The number of halogens is 4. The molecular weight excluding hydrogens is 495 g/mol. The zero-order valence-corrected chi connectivity index (χ0v) is 20.0. The van der Waals surface area contributed by atoms with Gasteiger partial charge >= 0.3 is 6.18 Å². The van der Waals surface area contributed by atoms with Gasteiger partial charge in [-0.3, -0.25) is 9.59 Å². The molecule has 1 N–H and O–H groups in total. The van der Waals surface area contributed by atoms with Gasteiger partial charge in [-0.05, 0) is 47.4 Å². The molecule has 0 spiro atoms. The summed E-state index contributed by atoms with van der Waals surface area (Å²) < 4.78 is 52.1.